The highest BCUT2D eigenvalue weighted by molar-refractivity contribution is 5.67. The number of hydrogen-bond acceptors (Lipinski definition) is 5. The molecule has 0 bridgehead atoms. The summed E-state index contributed by atoms with van der Waals surface area (Å²) in [6.07, 6.45) is 2.69. The minimum atomic E-state index is -0.186. The molecule has 23 heavy (non-hydrogen) atoms. The average Bonchev–Trinajstić information content (AvgIpc) is 2.94. The van der Waals surface area contributed by atoms with Crippen LogP contribution in [0.3, 0.4) is 0 Å². The summed E-state index contributed by atoms with van der Waals surface area (Å²) in [6, 6.07) is 0.507. The highest BCUT2D eigenvalue weighted by Gasteiger charge is 2.49. The van der Waals surface area contributed by atoms with Gasteiger partial charge in [0.1, 0.15) is 0 Å². The molecule has 1 N–H and O–H groups in total. The van der Waals surface area contributed by atoms with Gasteiger partial charge in [-0.2, -0.15) is 0 Å². The second kappa shape index (κ2) is 6.95. The first kappa shape index (κ1) is 17.0. The van der Waals surface area contributed by atoms with Crippen LogP contribution in [-0.2, 0) is 9.47 Å². The van der Waals surface area contributed by atoms with Gasteiger partial charge in [0, 0.05) is 50.2 Å². The Hall–Kier alpha value is -0.850. The van der Waals surface area contributed by atoms with E-state index in [0.717, 1.165) is 58.7 Å². The SMILES string of the molecule is CC(C)OC(=O)N1CCC(N2C[C@@H]3COCC[C@]3(CO)C2)CC1. The largest absolute Gasteiger partial charge is 0.447 e. The lowest BCUT2D eigenvalue weighted by Gasteiger charge is -2.38. The zero-order chi connectivity index (χ0) is 16.4. The van der Waals surface area contributed by atoms with Gasteiger partial charge in [-0.25, -0.2) is 4.79 Å². The molecule has 3 aliphatic heterocycles. The third-order valence-electron chi connectivity index (χ3n) is 5.79. The molecule has 6 heteroatoms. The van der Waals surface area contributed by atoms with E-state index in [1.807, 2.05) is 18.7 Å². The molecule has 3 aliphatic rings. The Balaban J connectivity index is 1.53. The summed E-state index contributed by atoms with van der Waals surface area (Å²) in [5.41, 5.74) is 0.0337. The maximum absolute atomic E-state index is 12.0. The number of hydrogen-bond donors (Lipinski definition) is 1. The molecule has 3 saturated heterocycles. The summed E-state index contributed by atoms with van der Waals surface area (Å²) in [6.45, 7) is 9.08. The first-order chi connectivity index (χ1) is 11.0. The molecular formula is C17H30N2O4. The molecular weight excluding hydrogens is 296 g/mol. The van der Waals surface area contributed by atoms with Crippen LogP contribution < -0.4 is 0 Å². The second-order valence-corrected chi connectivity index (χ2v) is 7.62. The maximum atomic E-state index is 12.0. The van der Waals surface area contributed by atoms with E-state index in [9.17, 15) is 9.90 Å². The Morgan fingerprint density at radius 2 is 2.13 bits per heavy atom. The standard InChI is InChI=1S/C17H30N2O4/c1-13(2)23-16(21)18-6-3-15(4-7-18)19-9-14-10-22-8-5-17(14,11-19)12-20/h13-15,20H,3-12H2,1-2H3/t14-,17-/m1/s1. The third-order valence-corrected chi connectivity index (χ3v) is 5.79. The molecule has 0 saturated carbocycles. The van der Waals surface area contributed by atoms with Crippen molar-refractivity contribution in [3.8, 4) is 0 Å². The van der Waals surface area contributed by atoms with E-state index in [-0.39, 0.29) is 24.2 Å². The number of amides is 1. The molecule has 0 unspecified atom stereocenters. The number of aliphatic hydroxyl groups excluding tert-OH is 1. The van der Waals surface area contributed by atoms with Crippen LogP contribution >= 0.6 is 0 Å². The van der Waals surface area contributed by atoms with Crippen LogP contribution in [0.25, 0.3) is 0 Å². The number of carbonyl (C=O) groups is 1. The van der Waals surface area contributed by atoms with Crippen LogP contribution in [0, 0.1) is 11.3 Å². The summed E-state index contributed by atoms with van der Waals surface area (Å²) in [4.78, 5) is 16.3. The predicted molar refractivity (Wildman–Crippen MR) is 86.2 cm³/mol. The van der Waals surface area contributed by atoms with Crippen LogP contribution in [0.1, 0.15) is 33.1 Å². The molecule has 3 fully saturated rings. The molecule has 0 radical (unpaired) electrons. The molecule has 0 aromatic carbocycles. The van der Waals surface area contributed by atoms with E-state index in [1.165, 1.54) is 0 Å². The highest BCUT2D eigenvalue weighted by Crippen LogP contribution is 2.43. The third kappa shape index (κ3) is 3.49. The Labute approximate surface area is 138 Å². The van der Waals surface area contributed by atoms with Crippen molar-refractivity contribution in [2.75, 3.05) is 46.0 Å². The van der Waals surface area contributed by atoms with Gasteiger partial charge in [0.15, 0.2) is 0 Å². The van der Waals surface area contributed by atoms with Crippen molar-refractivity contribution in [1.29, 1.82) is 0 Å². The van der Waals surface area contributed by atoms with Gasteiger partial charge >= 0.3 is 6.09 Å². The quantitative estimate of drug-likeness (QED) is 0.848. The number of fused-ring (bicyclic) bond motifs is 1. The first-order valence-corrected chi connectivity index (χ1v) is 8.92. The lowest BCUT2D eigenvalue weighted by Crippen LogP contribution is -2.47. The van der Waals surface area contributed by atoms with E-state index in [1.54, 1.807) is 0 Å². The van der Waals surface area contributed by atoms with E-state index in [2.05, 4.69) is 4.90 Å². The Kier molecular flexibility index (Phi) is 5.13. The van der Waals surface area contributed by atoms with E-state index >= 15 is 0 Å². The van der Waals surface area contributed by atoms with Gasteiger partial charge in [-0.05, 0) is 33.1 Å². The van der Waals surface area contributed by atoms with Crippen LogP contribution in [0.5, 0.6) is 0 Å². The summed E-state index contributed by atoms with van der Waals surface area (Å²) in [5.74, 6) is 0.449. The van der Waals surface area contributed by atoms with Gasteiger partial charge in [0.05, 0.1) is 19.3 Å². The first-order valence-electron chi connectivity index (χ1n) is 8.92. The normalized spacial score (nSPS) is 33.0. The number of aliphatic hydroxyl groups is 1. The van der Waals surface area contributed by atoms with Crippen LogP contribution in [0.2, 0.25) is 0 Å². The molecule has 6 nitrogen and oxygen atoms in total. The van der Waals surface area contributed by atoms with Gasteiger partial charge in [0.25, 0.3) is 0 Å². The minimum absolute atomic E-state index is 0.0337. The van der Waals surface area contributed by atoms with E-state index in [0.29, 0.717) is 12.0 Å². The number of piperidine rings is 1. The minimum Gasteiger partial charge on any atom is -0.447 e. The molecule has 132 valence electrons. The molecule has 2 atom stereocenters. The zero-order valence-electron chi connectivity index (χ0n) is 14.4. The van der Waals surface area contributed by atoms with Crippen molar-refractivity contribution in [1.82, 2.24) is 9.80 Å². The van der Waals surface area contributed by atoms with Crippen LogP contribution in [0.15, 0.2) is 0 Å². The van der Waals surface area contributed by atoms with Gasteiger partial charge in [-0.15, -0.1) is 0 Å². The number of carbonyl (C=O) groups excluding carboxylic acids is 1. The van der Waals surface area contributed by atoms with Crippen LogP contribution in [0.4, 0.5) is 4.79 Å². The lowest BCUT2D eigenvalue weighted by atomic mass is 9.75. The number of ether oxygens (including phenoxy) is 2. The number of rotatable bonds is 3. The predicted octanol–water partition coefficient (Wildman–Crippen LogP) is 1.33. The van der Waals surface area contributed by atoms with E-state index in [4.69, 9.17) is 9.47 Å². The van der Waals surface area contributed by atoms with Crippen molar-refractivity contribution in [2.24, 2.45) is 11.3 Å². The topological polar surface area (TPSA) is 62.2 Å². The zero-order valence-corrected chi connectivity index (χ0v) is 14.4. The smallest absolute Gasteiger partial charge is 0.410 e. The monoisotopic (exact) mass is 326 g/mol. The molecule has 0 spiro atoms. The average molecular weight is 326 g/mol. The fraction of sp³-hybridized carbons (Fsp3) is 0.941. The summed E-state index contributed by atoms with van der Waals surface area (Å²) >= 11 is 0. The van der Waals surface area contributed by atoms with Gasteiger partial charge in [0.2, 0.25) is 0 Å². The molecule has 0 aliphatic carbocycles. The Bertz CT molecular complexity index is 423. The molecule has 3 heterocycles. The van der Waals surface area contributed by atoms with Gasteiger partial charge in [-0.3, -0.25) is 4.90 Å². The fourth-order valence-corrected chi connectivity index (χ4v) is 4.31. The van der Waals surface area contributed by atoms with Crippen molar-refractivity contribution >= 4 is 6.09 Å². The number of likely N-dealkylation sites (tertiary alicyclic amines) is 2. The van der Waals surface area contributed by atoms with Gasteiger partial charge in [-0.1, -0.05) is 0 Å². The fourth-order valence-electron chi connectivity index (χ4n) is 4.31. The van der Waals surface area contributed by atoms with Crippen molar-refractivity contribution in [2.45, 2.75) is 45.3 Å². The Morgan fingerprint density at radius 1 is 1.39 bits per heavy atom. The Morgan fingerprint density at radius 3 is 2.74 bits per heavy atom. The molecule has 0 aromatic heterocycles. The van der Waals surface area contributed by atoms with E-state index < -0.39 is 0 Å². The summed E-state index contributed by atoms with van der Waals surface area (Å²) < 4.78 is 10.9. The van der Waals surface area contributed by atoms with Crippen molar-refractivity contribution in [3.63, 3.8) is 0 Å². The van der Waals surface area contributed by atoms with Crippen LogP contribution in [-0.4, -0.2) is 79.1 Å². The number of nitrogens with zero attached hydrogens (tertiary/aromatic N) is 2. The molecule has 0 aromatic rings. The maximum Gasteiger partial charge on any atom is 0.410 e. The highest BCUT2D eigenvalue weighted by atomic mass is 16.6. The summed E-state index contributed by atoms with van der Waals surface area (Å²) in [5, 5.41) is 9.92. The van der Waals surface area contributed by atoms with Crippen molar-refractivity contribution in [3.05, 3.63) is 0 Å². The molecule has 1 amide bonds. The van der Waals surface area contributed by atoms with Crippen molar-refractivity contribution < 1.29 is 19.4 Å². The lowest BCUT2D eigenvalue weighted by molar-refractivity contribution is -0.0420. The van der Waals surface area contributed by atoms with Gasteiger partial charge < -0.3 is 19.5 Å². The molecule has 3 rings (SSSR count). The second-order valence-electron chi connectivity index (χ2n) is 7.62. The summed E-state index contributed by atoms with van der Waals surface area (Å²) in [7, 11) is 0.